The monoisotopic (exact) mass is 339 g/mol. The Kier molecular flexibility index (Phi) is 30.6. The van der Waals surface area contributed by atoms with Crippen LogP contribution in [0.15, 0.2) is 12.1 Å². The van der Waals surface area contributed by atoms with Crippen LogP contribution in [0.2, 0.25) is 0 Å². The van der Waals surface area contributed by atoms with Gasteiger partial charge < -0.3 is 15.5 Å². The molecular formula is C13H21N2O2Ru. The first kappa shape index (κ1) is 25.8. The number of nitrogens with zero attached hydrogens (tertiary/aromatic N) is 2. The number of aryl methyl sites for hydroxylation is 2. The second-order valence-corrected chi connectivity index (χ2v) is 3.52. The number of aromatic nitrogens is 2. The Hall–Kier alpha value is -0.957. The van der Waals surface area contributed by atoms with Crippen molar-refractivity contribution in [2.75, 3.05) is 0 Å². The van der Waals surface area contributed by atoms with Gasteiger partial charge in [-0.25, -0.2) is 0 Å². The third-order valence-electron chi connectivity index (χ3n) is 1.22. The summed E-state index contributed by atoms with van der Waals surface area (Å²) in [7, 11) is 0. The molecule has 1 aromatic rings. The van der Waals surface area contributed by atoms with Gasteiger partial charge in [0.05, 0.1) is 11.4 Å². The van der Waals surface area contributed by atoms with E-state index in [9.17, 15) is 0 Å². The zero-order valence-corrected chi connectivity index (χ0v) is 13.3. The molecule has 103 valence electrons. The molecule has 0 aliphatic heterocycles. The van der Waals surface area contributed by atoms with E-state index in [0.29, 0.717) is 0 Å². The predicted octanol–water partition coefficient (Wildman–Crippen LogP) is 2.42. The summed E-state index contributed by atoms with van der Waals surface area (Å²) in [6, 6.07) is 3.98. The van der Waals surface area contributed by atoms with Gasteiger partial charge in [-0.15, -0.1) is 0 Å². The number of carbonyl (C=O) groups excluding carboxylic acids is 2. The molecule has 0 bridgehead atoms. The summed E-state index contributed by atoms with van der Waals surface area (Å²) in [4.78, 5) is 15.5. The van der Waals surface area contributed by atoms with Crippen molar-refractivity contribution >= 4 is 13.6 Å². The zero-order chi connectivity index (χ0) is 14.3. The van der Waals surface area contributed by atoms with Crippen molar-refractivity contribution in [1.82, 2.24) is 10.2 Å². The standard InChI is InChI=1S/C7H10N2.C4H9.2CHO.Ru/c1-3-7-5-4-6(2)8-9-7;1-4(2)3;2*1-2;/h4-5H,3H2,1-2H3;1-3H3;2*1H;/q;3*-1;+3. The van der Waals surface area contributed by atoms with E-state index in [1.807, 2.05) is 19.1 Å². The topological polar surface area (TPSA) is 59.9 Å². The van der Waals surface area contributed by atoms with Gasteiger partial charge >= 0.3 is 19.5 Å². The molecule has 0 amide bonds. The molecule has 4 nitrogen and oxygen atoms in total. The molecule has 0 fully saturated rings. The van der Waals surface area contributed by atoms with Crippen LogP contribution >= 0.6 is 0 Å². The maximum atomic E-state index is 7.75. The van der Waals surface area contributed by atoms with Crippen LogP contribution in [0.1, 0.15) is 39.1 Å². The maximum Gasteiger partial charge on any atom is 3.00 e. The number of hydrogen-bond donors (Lipinski definition) is 0. The summed E-state index contributed by atoms with van der Waals surface area (Å²) < 4.78 is 0. The van der Waals surface area contributed by atoms with Crippen LogP contribution in [0.3, 0.4) is 0 Å². The van der Waals surface area contributed by atoms with Crippen molar-refractivity contribution < 1.29 is 29.1 Å². The van der Waals surface area contributed by atoms with Crippen LogP contribution in [0.4, 0.5) is 0 Å². The van der Waals surface area contributed by atoms with Crippen LogP contribution in [0, 0.1) is 12.8 Å². The van der Waals surface area contributed by atoms with Gasteiger partial charge in [0.1, 0.15) is 0 Å². The van der Waals surface area contributed by atoms with E-state index in [2.05, 4.69) is 51.5 Å². The smallest absolute Gasteiger partial charge is 0.545 e. The third kappa shape index (κ3) is 24.3. The predicted molar refractivity (Wildman–Crippen MR) is 69.9 cm³/mol. The Morgan fingerprint density at radius 3 is 1.67 bits per heavy atom. The largest absolute Gasteiger partial charge is 3.00 e. The van der Waals surface area contributed by atoms with Crippen LogP contribution in [-0.2, 0) is 35.5 Å². The molecule has 0 aliphatic carbocycles. The van der Waals surface area contributed by atoms with Gasteiger partial charge in [-0.05, 0) is 25.5 Å². The van der Waals surface area contributed by atoms with E-state index in [1.54, 1.807) is 0 Å². The fraction of sp³-hybridized carbons (Fsp3) is 0.462. The summed E-state index contributed by atoms with van der Waals surface area (Å²) in [6.07, 6.45) is 0.966. The zero-order valence-electron chi connectivity index (χ0n) is 11.6. The molecule has 0 atom stereocenters. The Balaban J connectivity index is -0.0000000937. The van der Waals surface area contributed by atoms with Gasteiger partial charge in [-0.3, -0.25) is 13.6 Å². The molecule has 0 aromatic carbocycles. The van der Waals surface area contributed by atoms with E-state index >= 15 is 0 Å². The van der Waals surface area contributed by atoms with Crippen molar-refractivity contribution in [2.24, 2.45) is 0 Å². The second kappa shape index (κ2) is 21.3. The number of rotatable bonds is 1. The molecule has 1 heterocycles. The van der Waals surface area contributed by atoms with Crippen molar-refractivity contribution in [3.05, 3.63) is 29.4 Å². The fourth-order valence-corrected chi connectivity index (χ4v) is 0.615. The first-order valence-corrected chi connectivity index (χ1v) is 5.09. The minimum atomic E-state index is 0. The summed E-state index contributed by atoms with van der Waals surface area (Å²) in [6.45, 7) is 16.8. The fourth-order valence-electron chi connectivity index (χ4n) is 0.615. The molecule has 1 radical (unpaired) electrons. The number of hydrogen-bond acceptors (Lipinski definition) is 4. The molecule has 0 unspecified atom stereocenters. The average molecular weight is 338 g/mol. The van der Waals surface area contributed by atoms with Crippen molar-refractivity contribution in [2.45, 2.75) is 41.0 Å². The van der Waals surface area contributed by atoms with Gasteiger partial charge in [0.2, 0.25) is 0 Å². The Morgan fingerprint density at radius 2 is 1.44 bits per heavy atom. The van der Waals surface area contributed by atoms with E-state index in [0.717, 1.165) is 17.8 Å². The molecule has 18 heavy (non-hydrogen) atoms. The Morgan fingerprint density at radius 1 is 1.06 bits per heavy atom. The molecule has 1 rings (SSSR count). The van der Waals surface area contributed by atoms with E-state index in [-0.39, 0.29) is 19.5 Å². The van der Waals surface area contributed by atoms with E-state index < -0.39 is 0 Å². The first-order valence-electron chi connectivity index (χ1n) is 5.09. The molecule has 5 heteroatoms. The summed E-state index contributed by atoms with van der Waals surface area (Å²) in [5.41, 5.74) is 2.04. The second-order valence-electron chi connectivity index (χ2n) is 3.52. The average Bonchev–Trinajstić information content (AvgIpc) is 2.34. The van der Waals surface area contributed by atoms with Crippen LogP contribution in [0.5, 0.6) is 0 Å². The molecular weight excluding hydrogens is 317 g/mol. The molecule has 0 saturated carbocycles. The van der Waals surface area contributed by atoms with Gasteiger partial charge in [-0.1, -0.05) is 6.92 Å². The SMILES string of the molecule is CCc1ccc(C)nn1.C[C-](C)C.[CH-]=O.[CH-]=O.[Ru+3]. The van der Waals surface area contributed by atoms with Gasteiger partial charge in [0.25, 0.3) is 0 Å². The van der Waals surface area contributed by atoms with Crippen LogP contribution in [0.25, 0.3) is 0 Å². The third-order valence-corrected chi connectivity index (χ3v) is 1.22. The van der Waals surface area contributed by atoms with E-state index in [4.69, 9.17) is 9.59 Å². The van der Waals surface area contributed by atoms with Crippen molar-refractivity contribution in [3.63, 3.8) is 0 Å². The van der Waals surface area contributed by atoms with Gasteiger partial charge in [0, 0.05) is 0 Å². The minimum Gasteiger partial charge on any atom is -0.545 e. The molecule has 0 aliphatic rings. The van der Waals surface area contributed by atoms with Crippen molar-refractivity contribution in [3.8, 4) is 0 Å². The normalized spacial score (nSPS) is 7.22. The Labute approximate surface area is 123 Å². The van der Waals surface area contributed by atoms with Crippen LogP contribution in [-0.4, -0.2) is 23.8 Å². The quantitative estimate of drug-likeness (QED) is 0.448. The summed E-state index contributed by atoms with van der Waals surface area (Å²) >= 11 is 0. The molecule has 0 spiro atoms. The van der Waals surface area contributed by atoms with Crippen LogP contribution < -0.4 is 0 Å². The minimum absolute atomic E-state index is 0. The van der Waals surface area contributed by atoms with Gasteiger partial charge in [-0.2, -0.15) is 31.0 Å². The van der Waals surface area contributed by atoms with Gasteiger partial charge in [0.15, 0.2) is 0 Å². The summed E-state index contributed by atoms with van der Waals surface area (Å²) in [5, 5.41) is 7.85. The molecule has 1 aromatic heterocycles. The first-order chi connectivity index (χ1) is 8.06. The van der Waals surface area contributed by atoms with Crippen molar-refractivity contribution in [1.29, 1.82) is 0 Å². The van der Waals surface area contributed by atoms with E-state index in [1.165, 1.54) is 5.92 Å². The molecule has 0 N–H and O–H groups in total. The summed E-state index contributed by atoms with van der Waals surface area (Å²) in [5.74, 6) is 1.42. The molecule has 0 saturated heterocycles. The Bertz CT molecular complexity index is 249. The maximum absolute atomic E-state index is 7.75.